The molecule has 0 aliphatic rings. The molecule has 0 amide bonds. The van der Waals surface area contributed by atoms with Crippen molar-refractivity contribution in [2.45, 2.75) is 12.7 Å². The van der Waals surface area contributed by atoms with Crippen LogP contribution in [0.2, 0.25) is 5.79 Å². The minimum Gasteiger partial charge on any atom is -0.622 e. The lowest BCUT2D eigenvalue weighted by molar-refractivity contribution is -0.131. The van der Waals surface area contributed by atoms with Gasteiger partial charge in [0, 0.05) is 6.92 Å². The van der Waals surface area contributed by atoms with Gasteiger partial charge < -0.3 is 3.79 Å². The van der Waals surface area contributed by atoms with E-state index in [1.807, 2.05) is 5.79 Å². The zero-order valence-corrected chi connectivity index (χ0v) is 5.05. The Morgan fingerprint density at radius 3 is 2.33 bits per heavy atom. The maximum Gasteiger partial charge on any atom is 0.521 e. The molecule has 0 heterocycles. The average molecular weight is 101 g/mol. The summed E-state index contributed by atoms with van der Waals surface area (Å²) in [7, 11) is 0. The highest BCUT2D eigenvalue weighted by Crippen LogP contribution is 1.67. The van der Waals surface area contributed by atoms with Crippen LogP contribution in [0.5, 0.6) is 0 Å². The molecule has 0 aromatic carbocycles. The van der Waals surface area contributed by atoms with Crippen LogP contribution < -0.4 is 0 Å². The van der Waals surface area contributed by atoms with E-state index in [2.05, 4.69) is 3.79 Å². The molecule has 0 rings (SSSR count). The van der Waals surface area contributed by atoms with Crippen molar-refractivity contribution < 1.29 is 8.58 Å². The lowest BCUT2D eigenvalue weighted by atomic mass is 10.9. The summed E-state index contributed by atoms with van der Waals surface area (Å²) in [6, 6.07) is 0. The number of hydrogen-bond donors (Lipinski definition) is 0. The second-order valence-corrected chi connectivity index (χ2v) is 1.55. The fourth-order valence-electron chi connectivity index (χ4n) is 0.166. The van der Waals surface area contributed by atoms with E-state index in [1.165, 1.54) is 6.92 Å². The quantitative estimate of drug-likeness (QED) is 0.441. The van der Waals surface area contributed by atoms with Gasteiger partial charge in [-0.15, -0.1) is 0 Å². The van der Waals surface area contributed by atoms with Gasteiger partial charge in [-0.1, -0.05) is 5.79 Å². The first-order chi connectivity index (χ1) is 2.77. The number of carbonyl (C=O) groups is 1. The summed E-state index contributed by atoms with van der Waals surface area (Å²) in [6.07, 6.45) is 0. The van der Waals surface area contributed by atoms with Gasteiger partial charge in [-0.05, 0) is 0 Å². The molecule has 6 heavy (non-hydrogen) atoms. The van der Waals surface area contributed by atoms with Crippen LogP contribution in [0.15, 0.2) is 0 Å². The molecule has 0 fully saturated rings. The number of carbonyl (C=O) groups excluding carboxylic acids is 1. The Morgan fingerprint density at radius 1 is 1.83 bits per heavy atom. The molecular weight excluding hydrogens is 95.0 g/mol. The van der Waals surface area contributed by atoms with E-state index in [0.717, 1.165) is 0 Å². The summed E-state index contributed by atoms with van der Waals surface area (Å²) >= 11 is -0.0972. The Kier molecular flexibility index (Phi) is 3.20. The van der Waals surface area contributed by atoms with E-state index in [9.17, 15) is 4.79 Å². The summed E-state index contributed by atoms with van der Waals surface area (Å²) in [4.78, 5) is 9.84. The maximum atomic E-state index is 9.84. The molecule has 0 aliphatic carbocycles. The van der Waals surface area contributed by atoms with Crippen LogP contribution in [-0.4, -0.2) is 21.5 Å². The van der Waals surface area contributed by atoms with Gasteiger partial charge in [-0.3, -0.25) is 4.79 Å². The third-order valence-corrected chi connectivity index (χ3v) is 0.851. The maximum absolute atomic E-state index is 9.84. The lowest BCUT2D eigenvalue weighted by Crippen LogP contribution is -1.98. The van der Waals surface area contributed by atoms with E-state index >= 15 is 0 Å². The molecule has 0 saturated carbocycles. The topological polar surface area (TPSA) is 26.3 Å². The lowest BCUT2D eigenvalue weighted by Gasteiger charge is -1.90. The first-order valence-electron chi connectivity index (χ1n) is 1.72. The van der Waals surface area contributed by atoms with Crippen LogP contribution >= 0.6 is 0 Å². The Morgan fingerprint density at radius 2 is 2.33 bits per heavy atom. The summed E-state index contributed by atoms with van der Waals surface area (Å²) < 4.78 is 4.49. The SMILES string of the molecule is [CH3][Al][O]C(C)=O. The molecule has 0 aromatic rings. The molecule has 1 radical (unpaired) electrons. The molecule has 2 nitrogen and oxygen atoms in total. The van der Waals surface area contributed by atoms with Gasteiger partial charge in [0.15, 0.2) is 0 Å². The van der Waals surface area contributed by atoms with Crippen molar-refractivity contribution in [1.82, 2.24) is 0 Å². The average Bonchev–Trinajstić information content (AvgIpc) is 1.35. The second-order valence-electron chi connectivity index (χ2n) is 0.845. The van der Waals surface area contributed by atoms with Crippen molar-refractivity contribution in [3.05, 3.63) is 0 Å². The summed E-state index contributed by atoms with van der Waals surface area (Å²) in [5.41, 5.74) is 0. The Labute approximate surface area is 43.5 Å². The van der Waals surface area contributed by atoms with E-state index in [1.54, 1.807) is 0 Å². The predicted molar refractivity (Wildman–Crippen MR) is 23.4 cm³/mol. The number of hydrogen-bond acceptors (Lipinski definition) is 2. The molecule has 0 N–H and O–H groups in total. The van der Waals surface area contributed by atoms with Crippen molar-refractivity contribution >= 4 is 21.5 Å². The van der Waals surface area contributed by atoms with E-state index in [0.29, 0.717) is 0 Å². The zero-order valence-electron chi connectivity index (χ0n) is 3.89. The molecule has 0 spiro atoms. The normalized spacial score (nSPS) is 7.00. The van der Waals surface area contributed by atoms with Crippen molar-refractivity contribution in [2.75, 3.05) is 0 Å². The van der Waals surface area contributed by atoms with Crippen molar-refractivity contribution in [3.8, 4) is 0 Å². The van der Waals surface area contributed by atoms with Gasteiger partial charge >= 0.3 is 15.6 Å². The molecule has 33 valence electrons. The zero-order chi connectivity index (χ0) is 4.99. The number of rotatable bonds is 1. The van der Waals surface area contributed by atoms with E-state index in [4.69, 9.17) is 0 Å². The van der Waals surface area contributed by atoms with E-state index in [-0.39, 0.29) is 21.5 Å². The van der Waals surface area contributed by atoms with E-state index < -0.39 is 0 Å². The molecule has 0 atom stereocenters. The van der Waals surface area contributed by atoms with Crippen molar-refractivity contribution in [2.24, 2.45) is 0 Å². The minimum atomic E-state index is -0.174. The van der Waals surface area contributed by atoms with Crippen molar-refractivity contribution in [3.63, 3.8) is 0 Å². The van der Waals surface area contributed by atoms with Gasteiger partial charge in [0.2, 0.25) is 0 Å². The fraction of sp³-hybridized carbons (Fsp3) is 0.667. The molecule has 0 aliphatic heterocycles. The molecular formula is C3H6AlO2. The summed E-state index contributed by atoms with van der Waals surface area (Å²) in [6.45, 7) is 1.41. The monoisotopic (exact) mass is 101 g/mol. The third-order valence-electron chi connectivity index (χ3n) is 0.284. The first-order valence-corrected chi connectivity index (χ1v) is 3.35. The highest BCUT2D eigenvalue weighted by molar-refractivity contribution is 6.28. The van der Waals surface area contributed by atoms with Crippen molar-refractivity contribution in [1.29, 1.82) is 0 Å². The Hall–Kier alpha value is 0.00247. The Balaban J connectivity index is 2.83. The molecule has 0 unspecified atom stereocenters. The second kappa shape index (κ2) is 3.20. The highest BCUT2D eigenvalue weighted by atomic mass is 27.1. The molecule has 0 bridgehead atoms. The van der Waals surface area contributed by atoms with Crippen LogP contribution in [-0.2, 0) is 8.58 Å². The van der Waals surface area contributed by atoms with Gasteiger partial charge in [-0.25, -0.2) is 0 Å². The largest absolute Gasteiger partial charge is 0.622 e. The smallest absolute Gasteiger partial charge is 0.521 e. The van der Waals surface area contributed by atoms with Crippen LogP contribution in [0.4, 0.5) is 0 Å². The fourth-order valence-corrected chi connectivity index (χ4v) is 0.498. The van der Waals surface area contributed by atoms with Crippen LogP contribution in [0, 0.1) is 0 Å². The van der Waals surface area contributed by atoms with Crippen LogP contribution in [0.1, 0.15) is 6.92 Å². The minimum absolute atomic E-state index is 0.0972. The van der Waals surface area contributed by atoms with Gasteiger partial charge in [0.1, 0.15) is 0 Å². The van der Waals surface area contributed by atoms with Gasteiger partial charge in [0.25, 0.3) is 5.97 Å². The van der Waals surface area contributed by atoms with Crippen LogP contribution in [0.25, 0.3) is 0 Å². The highest BCUT2D eigenvalue weighted by Gasteiger charge is 1.86. The van der Waals surface area contributed by atoms with Gasteiger partial charge in [0.05, 0.1) is 0 Å². The predicted octanol–water partition coefficient (Wildman–Crippen LogP) is 0.217. The summed E-state index contributed by atoms with van der Waals surface area (Å²) in [5, 5.41) is 0. The molecule has 0 saturated heterocycles. The third kappa shape index (κ3) is 4.00. The molecule has 3 heteroatoms. The van der Waals surface area contributed by atoms with Gasteiger partial charge in [-0.2, -0.15) is 0 Å². The molecule has 0 aromatic heterocycles. The van der Waals surface area contributed by atoms with Crippen LogP contribution in [0.3, 0.4) is 0 Å². The standard InChI is InChI=1S/C2H4O2.CH3.Al/c1-2(3)4;;/h1H3,(H,3,4);1H3;/q;;+1/p-1. The Bertz CT molecular complexity index is 52.8. The first kappa shape index (κ1) is 6.00. The summed E-state index contributed by atoms with van der Waals surface area (Å²) in [5.74, 6) is 1.69.